The molecule has 1 atom stereocenters. The lowest BCUT2D eigenvalue weighted by molar-refractivity contribution is 0.471. The molecule has 17 heavy (non-hydrogen) atoms. The van der Waals surface area contributed by atoms with Gasteiger partial charge in [-0.1, -0.05) is 38.2 Å². The Hall–Kier alpha value is -1.24. The highest BCUT2D eigenvalue weighted by Gasteiger charge is 2.07. The average molecular weight is 233 g/mol. The fourth-order valence-electron chi connectivity index (χ4n) is 1.88. The number of allylic oxidation sites excluding steroid dienone is 4. The maximum absolute atomic E-state index is 3.78. The molecule has 1 unspecified atom stereocenters. The topological polar surface area (TPSA) is 12.0 Å². The van der Waals surface area contributed by atoms with E-state index in [1.54, 1.807) is 0 Å². The summed E-state index contributed by atoms with van der Waals surface area (Å²) >= 11 is 0. The lowest BCUT2D eigenvalue weighted by Crippen LogP contribution is -2.28. The Labute approximate surface area is 107 Å². The second-order valence-electron chi connectivity index (χ2n) is 4.27. The van der Waals surface area contributed by atoms with Gasteiger partial charge in [0.05, 0.1) is 0 Å². The zero-order chi connectivity index (χ0) is 12.9. The van der Waals surface area contributed by atoms with Gasteiger partial charge < -0.3 is 5.32 Å². The molecule has 0 aromatic heterocycles. The van der Waals surface area contributed by atoms with Gasteiger partial charge in [0.15, 0.2) is 0 Å². The number of rotatable bonds is 11. The molecular formula is C16H27N. The minimum Gasteiger partial charge on any atom is -0.385 e. The van der Waals surface area contributed by atoms with E-state index >= 15 is 0 Å². The number of unbranched alkanes of at least 4 members (excludes halogenated alkanes) is 1. The lowest BCUT2D eigenvalue weighted by atomic mass is 10.0. The van der Waals surface area contributed by atoms with Crippen LogP contribution in [0.5, 0.6) is 0 Å². The first-order valence-electron chi connectivity index (χ1n) is 6.58. The van der Waals surface area contributed by atoms with Crippen molar-refractivity contribution < 1.29 is 0 Å². The minimum absolute atomic E-state index is 0.561. The summed E-state index contributed by atoms with van der Waals surface area (Å²) in [4.78, 5) is 0. The van der Waals surface area contributed by atoms with Gasteiger partial charge in [0, 0.05) is 18.2 Å². The zero-order valence-corrected chi connectivity index (χ0v) is 11.3. The molecule has 0 saturated heterocycles. The van der Waals surface area contributed by atoms with Crippen molar-refractivity contribution in [1.82, 2.24) is 5.32 Å². The van der Waals surface area contributed by atoms with E-state index in [0.717, 1.165) is 12.8 Å². The highest BCUT2D eigenvalue weighted by atomic mass is 14.9. The van der Waals surface area contributed by atoms with E-state index in [0.29, 0.717) is 6.04 Å². The quantitative estimate of drug-likeness (QED) is 0.308. The second-order valence-corrected chi connectivity index (χ2v) is 4.27. The first-order valence-corrected chi connectivity index (χ1v) is 6.58. The van der Waals surface area contributed by atoms with Crippen molar-refractivity contribution in [1.29, 1.82) is 0 Å². The molecule has 0 heterocycles. The van der Waals surface area contributed by atoms with Crippen molar-refractivity contribution in [2.75, 3.05) is 0 Å². The number of nitrogens with one attached hydrogen (secondary N) is 1. The van der Waals surface area contributed by atoms with Crippen LogP contribution in [0.1, 0.15) is 45.4 Å². The molecule has 0 aromatic carbocycles. The van der Waals surface area contributed by atoms with Crippen LogP contribution >= 0.6 is 0 Å². The molecule has 0 spiro atoms. The Morgan fingerprint density at radius 1 is 1.18 bits per heavy atom. The van der Waals surface area contributed by atoms with Crippen LogP contribution in [0.15, 0.2) is 49.7 Å². The molecule has 0 saturated carbocycles. The lowest BCUT2D eigenvalue weighted by Gasteiger charge is -2.20. The van der Waals surface area contributed by atoms with Gasteiger partial charge in [-0.2, -0.15) is 0 Å². The predicted molar refractivity (Wildman–Crippen MR) is 79.0 cm³/mol. The van der Waals surface area contributed by atoms with Crippen molar-refractivity contribution in [3.05, 3.63) is 49.7 Å². The molecule has 0 radical (unpaired) electrons. The minimum atomic E-state index is 0.561. The largest absolute Gasteiger partial charge is 0.385 e. The van der Waals surface area contributed by atoms with Crippen LogP contribution < -0.4 is 5.32 Å². The summed E-state index contributed by atoms with van der Waals surface area (Å²) in [7, 11) is 0. The van der Waals surface area contributed by atoms with Gasteiger partial charge in [0.2, 0.25) is 0 Å². The molecule has 0 amide bonds. The fraction of sp³-hybridized carbons (Fsp3) is 0.500. The summed E-state index contributed by atoms with van der Waals surface area (Å²) in [6.45, 7) is 13.5. The molecule has 1 heteroatoms. The Bertz CT molecular complexity index is 250. The van der Waals surface area contributed by atoms with Crippen molar-refractivity contribution in [2.45, 2.75) is 51.5 Å². The first-order chi connectivity index (χ1) is 8.28. The summed E-state index contributed by atoms with van der Waals surface area (Å²) < 4.78 is 0. The van der Waals surface area contributed by atoms with Gasteiger partial charge in [-0.15, -0.1) is 13.2 Å². The highest BCUT2D eigenvalue weighted by Crippen LogP contribution is 2.11. The van der Waals surface area contributed by atoms with E-state index in [9.17, 15) is 0 Å². The van der Waals surface area contributed by atoms with Crippen LogP contribution in [-0.4, -0.2) is 6.04 Å². The van der Waals surface area contributed by atoms with Crippen LogP contribution in [0.2, 0.25) is 0 Å². The molecule has 96 valence electrons. The van der Waals surface area contributed by atoms with Gasteiger partial charge in [-0.05, 0) is 31.8 Å². The molecule has 0 bridgehead atoms. The summed E-state index contributed by atoms with van der Waals surface area (Å²) in [6, 6.07) is 0.561. The van der Waals surface area contributed by atoms with Crippen molar-refractivity contribution >= 4 is 0 Å². The van der Waals surface area contributed by atoms with Gasteiger partial charge in [-0.3, -0.25) is 0 Å². The fourth-order valence-corrected chi connectivity index (χ4v) is 1.88. The van der Waals surface area contributed by atoms with Crippen LogP contribution in [0.25, 0.3) is 0 Å². The van der Waals surface area contributed by atoms with Crippen molar-refractivity contribution in [3.63, 3.8) is 0 Å². The van der Waals surface area contributed by atoms with E-state index in [-0.39, 0.29) is 0 Å². The molecule has 0 aliphatic carbocycles. The van der Waals surface area contributed by atoms with Gasteiger partial charge >= 0.3 is 0 Å². The summed E-state index contributed by atoms with van der Waals surface area (Å²) in [5.74, 6) is 0. The Balaban J connectivity index is 4.26. The number of hydrogen-bond donors (Lipinski definition) is 1. The molecule has 0 aliphatic rings. The van der Waals surface area contributed by atoms with Crippen LogP contribution in [0.4, 0.5) is 0 Å². The molecule has 0 rings (SSSR count). The Morgan fingerprint density at radius 3 is 2.47 bits per heavy atom. The smallest absolute Gasteiger partial charge is 0.0258 e. The van der Waals surface area contributed by atoms with Crippen molar-refractivity contribution in [2.24, 2.45) is 0 Å². The predicted octanol–water partition coefficient (Wildman–Crippen LogP) is 4.75. The van der Waals surface area contributed by atoms with E-state index in [4.69, 9.17) is 0 Å². The molecular weight excluding hydrogens is 206 g/mol. The second kappa shape index (κ2) is 11.3. The summed E-state index contributed by atoms with van der Waals surface area (Å²) in [6.07, 6.45) is 14.6. The van der Waals surface area contributed by atoms with Gasteiger partial charge in [0.25, 0.3) is 0 Å². The summed E-state index contributed by atoms with van der Waals surface area (Å²) in [5, 5.41) is 3.60. The van der Waals surface area contributed by atoms with Gasteiger partial charge in [0.1, 0.15) is 0 Å². The van der Waals surface area contributed by atoms with E-state index in [1.807, 2.05) is 24.3 Å². The maximum Gasteiger partial charge on any atom is 0.0258 e. The van der Waals surface area contributed by atoms with E-state index in [2.05, 4.69) is 32.0 Å². The summed E-state index contributed by atoms with van der Waals surface area (Å²) in [5.41, 5.74) is 1.21. The Morgan fingerprint density at radius 2 is 1.94 bits per heavy atom. The molecule has 0 aromatic rings. The number of hydrogen-bond acceptors (Lipinski definition) is 1. The third-order valence-electron chi connectivity index (χ3n) is 2.67. The van der Waals surface area contributed by atoms with E-state index in [1.165, 1.54) is 31.4 Å². The van der Waals surface area contributed by atoms with Crippen LogP contribution in [0, 0.1) is 0 Å². The molecule has 1 N–H and O–H groups in total. The Kier molecular flexibility index (Phi) is 10.4. The monoisotopic (exact) mass is 233 g/mol. The zero-order valence-electron chi connectivity index (χ0n) is 11.3. The maximum atomic E-state index is 3.78. The first kappa shape index (κ1) is 15.8. The van der Waals surface area contributed by atoms with Gasteiger partial charge in [-0.25, -0.2) is 0 Å². The average Bonchev–Trinajstić information content (AvgIpc) is 2.30. The molecule has 0 aliphatic heterocycles. The SMILES string of the molecule is C=C/C=C(/CC=C)NC(CCC)CCCC=C. The van der Waals surface area contributed by atoms with Crippen LogP contribution in [-0.2, 0) is 0 Å². The highest BCUT2D eigenvalue weighted by molar-refractivity contribution is 5.12. The third kappa shape index (κ3) is 8.56. The molecule has 0 fully saturated rings. The van der Waals surface area contributed by atoms with Crippen molar-refractivity contribution in [3.8, 4) is 0 Å². The van der Waals surface area contributed by atoms with Crippen LogP contribution in [0.3, 0.4) is 0 Å². The van der Waals surface area contributed by atoms with E-state index < -0.39 is 0 Å². The third-order valence-corrected chi connectivity index (χ3v) is 2.67. The molecule has 1 nitrogen and oxygen atoms in total. The normalized spacial score (nSPS) is 12.9. The standard InChI is InChI=1S/C16H27N/c1-5-9-10-14-16(13-8-4)17-15(11-6-2)12-7-3/h5-7,11,16-17H,1-3,8-10,12-14H2,4H3/b15-11-.